The van der Waals surface area contributed by atoms with Crippen molar-refractivity contribution in [2.45, 2.75) is 31.7 Å². The number of furan rings is 1. The van der Waals surface area contributed by atoms with E-state index in [2.05, 4.69) is 10.0 Å². The molecular weight excluding hydrogens is 350 g/mol. The normalized spacial score (nSPS) is 21.0. The molecule has 0 bridgehead atoms. The Morgan fingerprint density at radius 1 is 1.19 bits per heavy atom. The zero-order valence-electron chi connectivity index (χ0n) is 14.6. The van der Waals surface area contributed by atoms with Gasteiger partial charge in [-0.25, -0.2) is 5.01 Å². The maximum absolute atomic E-state index is 13.0. The highest BCUT2D eigenvalue weighted by atomic mass is 35.5. The maximum Gasteiger partial charge on any atom is 0.257 e. The Morgan fingerprint density at radius 3 is 2.77 bits per heavy atom. The first kappa shape index (κ1) is 17.3. The molecule has 0 N–H and O–H groups in total. The number of halogens is 1. The Labute approximate surface area is 158 Å². The van der Waals surface area contributed by atoms with Gasteiger partial charge in [-0.3, -0.25) is 9.69 Å². The summed E-state index contributed by atoms with van der Waals surface area (Å²) in [6.07, 6.45) is 5.82. The van der Waals surface area contributed by atoms with Gasteiger partial charge in [0, 0.05) is 11.4 Å². The Kier molecular flexibility index (Phi) is 5.09. The van der Waals surface area contributed by atoms with Crippen molar-refractivity contribution in [3.05, 3.63) is 59.0 Å². The first-order valence-corrected chi connectivity index (χ1v) is 9.50. The lowest BCUT2D eigenvalue weighted by molar-refractivity contribution is -0.134. The zero-order valence-corrected chi connectivity index (χ0v) is 15.4. The van der Waals surface area contributed by atoms with Crippen molar-refractivity contribution in [1.82, 2.24) is 9.91 Å². The summed E-state index contributed by atoms with van der Waals surface area (Å²) in [6, 6.07) is 11.2. The molecule has 0 aliphatic carbocycles. The Bertz CT molecular complexity index is 797. The van der Waals surface area contributed by atoms with Crippen molar-refractivity contribution >= 4 is 23.2 Å². The summed E-state index contributed by atoms with van der Waals surface area (Å²) in [5.41, 5.74) is 1.79. The number of carbonyl (C=O) groups is 1. The van der Waals surface area contributed by atoms with E-state index in [4.69, 9.17) is 16.0 Å². The average Bonchev–Trinajstić information content (AvgIpc) is 3.32. The largest absolute Gasteiger partial charge is 0.463 e. The molecule has 2 aromatic rings. The Morgan fingerprint density at radius 2 is 2.04 bits per heavy atom. The van der Waals surface area contributed by atoms with Crippen LogP contribution in [0, 0.1) is 0 Å². The van der Waals surface area contributed by atoms with Crippen LogP contribution in [0.25, 0.3) is 0 Å². The molecule has 1 saturated heterocycles. The van der Waals surface area contributed by atoms with E-state index in [0.29, 0.717) is 23.7 Å². The van der Waals surface area contributed by atoms with E-state index in [-0.39, 0.29) is 11.9 Å². The third kappa shape index (κ3) is 3.69. The molecule has 1 amide bonds. The number of hydrogen-bond acceptors (Lipinski definition) is 4. The Hall–Kier alpha value is -2.11. The number of hydrogen-bond donors (Lipinski definition) is 0. The molecule has 6 heteroatoms. The molecule has 2 aliphatic rings. The minimum Gasteiger partial charge on any atom is -0.463 e. The molecule has 1 atom stereocenters. The van der Waals surface area contributed by atoms with Crippen LogP contribution in [0.3, 0.4) is 0 Å². The van der Waals surface area contributed by atoms with Crippen LogP contribution in [-0.2, 0) is 4.79 Å². The van der Waals surface area contributed by atoms with Crippen LogP contribution in [0.15, 0.2) is 52.2 Å². The van der Waals surface area contributed by atoms with E-state index in [1.807, 2.05) is 36.4 Å². The molecule has 1 aromatic carbocycles. The van der Waals surface area contributed by atoms with Crippen LogP contribution in [0.5, 0.6) is 0 Å². The van der Waals surface area contributed by atoms with Gasteiger partial charge in [-0.15, -0.1) is 0 Å². The van der Waals surface area contributed by atoms with Gasteiger partial charge in [0.2, 0.25) is 0 Å². The van der Waals surface area contributed by atoms with Gasteiger partial charge in [0.15, 0.2) is 0 Å². The van der Waals surface area contributed by atoms with Gasteiger partial charge < -0.3 is 4.42 Å². The van der Waals surface area contributed by atoms with E-state index in [1.165, 1.54) is 6.42 Å². The van der Waals surface area contributed by atoms with E-state index in [9.17, 15) is 4.79 Å². The van der Waals surface area contributed by atoms with Crippen LogP contribution >= 0.6 is 11.6 Å². The molecule has 1 aromatic heterocycles. The second kappa shape index (κ2) is 7.64. The maximum atomic E-state index is 13.0. The fraction of sp³-hybridized carbons (Fsp3) is 0.400. The molecular formula is C20H22ClN3O2. The lowest BCUT2D eigenvalue weighted by atomic mass is 10.0. The van der Waals surface area contributed by atoms with Crippen molar-refractivity contribution in [3.8, 4) is 0 Å². The van der Waals surface area contributed by atoms with Crippen molar-refractivity contribution in [2.75, 3.05) is 19.6 Å². The van der Waals surface area contributed by atoms with Crippen LogP contribution in [0.4, 0.5) is 0 Å². The second-order valence-corrected chi connectivity index (χ2v) is 7.31. The van der Waals surface area contributed by atoms with E-state index in [1.54, 1.807) is 11.3 Å². The van der Waals surface area contributed by atoms with Gasteiger partial charge in [-0.1, -0.05) is 30.2 Å². The number of piperidine rings is 1. The van der Waals surface area contributed by atoms with Crippen molar-refractivity contribution in [2.24, 2.45) is 5.10 Å². The van der Waals surface area contributed by atoms with Crippen molar-refractivity contribution in [1.29, 1.82) is 0 Å². The van der Waals surface area contributed by atoms with Crippen LogP contribution in [-0.4, -0.2) is 41.2 Å². The summed E-state index contributed by atoms with van der Waals surface area (Å²) in [5.74, 6) is 0.740. The van der Waals surface area contributed by atoms with Crippen molar-refractivity contribution in [3.63, 3.8) is 0 Å². The number of amides is 1. The number of benzene rings is 1. The lowest BCUT2D eigenvalue weighted by Crippen LogP contribution is -2.40. The first-order valence-electron chi connectivity index (χ1n) is 9.12. The molecule has 2 aliphatic heterocycles. The monoisotopic (exact) mass is 371 g/mol. The predicted molar refractivity (Wildman–Crippen MR) is 101 cm³/mol. The molecule has 136 valence electrons. The van der Waals surface area contributed by atoms with E-state index < -0.39 is 0 Å². The van der Waals surface area contributed by atoms with Crippen LogP contribution < -0.4 is 0 Å². The van der Waals surface area contributed by atoms with Gasteiger partial charge in [0.25, 0.3) is 5.91 Å². The number of nitrogens with zero attached hydrogens (tertiary/aromatic N) is 3. The number of carbonyl (C=O) groups excluding carboxylic acids is 1. The minimum absolute atomic E-state index is 0.0263. The SMILES string of the molecule is O=C(CN1CCCCC1)N1N=C(c2ccco2)C[C@@H]1c1cccc(Cl)c1. The fourth-order valence-corrected chi connectivity index (χ4v) is 3.89. The van der Waals surface area contributed by atoms with E-state index >= 15 is 0 Å². The molecule has 0 saturated carbocycles. The topological polar surface area (TPSA) is 49.1 Å². The first-order chi connectivity index (χ1) is 12.7. The Balaban J connectivity index is 1.58. The standard InChI is InChI=1S/C20H22ClN3O2/c21-16-7-4-6-15(12-16)18-13-17(19-8-5-11-26-19)22-24(18)20(25)14-23-9-2-1-3-10-23/h4-8,11-12,18H,1-3,9-10,13-14H2/t18-/m1/s1. The molecule has 0 unspecified atom stereocenters. The molecule has 26 heavy (non-hydrogen) atoms. The van der Waals surface area contributed by atoms with Gasteiger partial charge in [0.05, 0.1) is 18.8 Å². The minimum atomic E-state index is -0.147. The summed E-state index contributed by atoms with van der Waals surface area (Å²) >= 11 is 6.17. The van der Waals surface area contributed by atoms with Gasteiger partial charge in [0.1, 0.15) is 11.5 Å². The highest BCUT2D eigenvalue weighted by Crippen LogP contribution is 2.34. The summed E-state index contributed by atoms with van der Waals surface area (Å²) in [5, 5.41) is 6.91. The third-order valence-corrected chi connectivity index (χ3v) is 5.25. The molecule has 0 radical (unpaired) electrons. The van der Waals surface area contributed by atoms with Crippen LogP contribution in [0.1, 0.15) is 43.0 Å². The van der Waals surface area contributed by atoms with Gasteiger partial charge in [-0.2, -0.15) is 5.10 Å². The summed E-state index contributed by atoms with van der Waals surface area (Å²) in [6.45, 7) is 2.37. The third-order valence-electron chi connectivity index (χ3n) is 5.01. The molecule has 4 rings (SSSR count). The van der Waals surface area contributed by atoms with E-state index in [0.717, 1.165) is 37.2 Å². The van der Waals surface area contributed by atoms with Crippen LogP contribution in [0.2, 0.25) is 5.02 Å². The highest BCUT2D eigenvalue weighted by Gasteiger charge is 2.34. The summed E-state index contributed by atoms with van der Waals surface area (Å²) < 4.78 is 5.50. The molecule has 3 heterocycles. The molecule has 5 nitrogen and oxygen atoms in total. The fourth-order valence-electron chi connectivity index (χ4n) is 3.69. The number of likely N-dealkylation sites (tertiary alicyclic amines) is 1. The van der Waals surface area contributed by atoms with Crippen molar-refractivity contribution < 1.29 is 9.21 Å². The predicted octanol–water partition coefficient (Wildman–Crippen LogP) is 4.10. The summed E-state index contributed by atoms with van der Waals surface area (Å²) in [4.78, 5) is 15.2. The molecule has 1 fully saturated rings. The summed E-state index contributed by atoms with van der Waals surface area (Å²) in [7, 11) is 0. The number of rotatable bonds is 4. The van der Waals surface area contributed by atoms with Gasteiger partial charge >= 0.3 is 0 Å². The smallest absolute Gasteiger partial charge is 0.257 e. The number of hydrazone groups is 1. The average molecular weight is 372 g/mol. The quantitative estimate of drug-likeness (QED) is 0.813. The highest BCUT2D eigenvalue weighted by molar-refractivity contribution is 6.30. The lowest BCUT2D eigenvalue weighted by Gasteiger charge is -2.29. The molecule has 0 spiro atoms. The van der Waals surface area contributed by atoms with Gasteiger partial charge in [-0.05, 0) is 55.8 Å². The second-order valence-electron chi connectivity index (χ2n) is 6.87. The zero-order chi connectivity index (χ0) is 17.9.